The average Bonchev–Trinajstić information content (AvgIpc) is 2.66. The van der Waals surface area contributed by atoms with E-state index in [1.54, 1.807) is 13.0 Å². The van der Waals surface area contributed by atoms with Gasteiger partial charge < -0.3 is 9.88 Å². The maximum absolute atomic E-state index is 13.6. The molecule has 1 N–H and O–H groups in total. The summed E-state index contributed by atoms with van der Waals surface area (Å²) in [6.45, 7) is 8.88. The summed E-state index contributed by atoms with van der Waals surface area (Å²) >= 11 is 0. The summed E-state index contributed by atoms with van der Waals surface area (Å²) in [6.07, 6.45) is 0. The summed E-state index contributed by atoms with van der Waals surface area (Å²) in [5, 5.41) is 3.46. The van der Waals surface area contributed by atoms with Crippen LogP contribution in [-0.2, 0) is 13.6 Å². The lowest BCUT2D eigenvalue weighted by atomic mass is 10.1. The number of nitrogens with one attached hydrogen (secondary N) is 1. The molecule has 0 radical (unpaired) electrons. The van der Waals surface area contributed by atoms with E-state index in [2.05, 4.69) is 43.8 Å². The molecular weight excluding hydrogens is 251 g/mol. The lowest BCUT2D eigenvalue weighted by Crippen LogP contribution is -2.18. The molecule has 0 aliphatic heterocycles. The van der Waals surface area contributed by atoms with Crippen molar-refractivity contribution in [2.75, 3.05) is 0 Å². The van der Waals surface area contributed by atoms with Crippen LogP contribution >= 0.6 is 0 Å². The molecule has 0 amide bonds. The van der Waals surface area contributed by atoms with Crippen LogP contribution in [0.25, 0.3) is 0 Å². The highest BCUT2D eigenvalue weighted by molar-refractivity contribution is 5.28. The van der Waals surface area contributed by atoms with Crippen molar-refractivity contribution in [1.82, 2.24) is 9.88 Å². The molecule has 1 unspecified atom stereocenters. The first-order chi connectivity index (χ1) is 9.40. The summed E-state index contributed by atoms with van der Waals surface area (Å²) in [4.78, 5) is 0. The molecule has 20 heavy (non-hydrogen) atoms. The highest BCUT2D eigenvalue weighted by Crippen LogP contribution is 2.18. The molecule has 1 heterocycles. The Morgan fingerprint density at radius 1 is 1.20 bits per heavy atom. The molecule has 0 aliphatic carbocycles. The van der Waals surface area contributed by atoms with E-state index in [1.165, 1.54) is 17.0 Å². The van der Waals surface area contributed by atoms with Gasteiger partial charge >= 0.3 is 0 Å². The van der Waals surface area contributed by atoms with Crippen molar-refractivity contribution in [3.05, 3.63) is 58.2 Å². The van der Waals surface area contributed by atoms with Gasteiger partial charge in [-0.2, -0.15) is 0 Å². The minimum atomic E-state index is -0.136. The zero-order valence-electron chi connectivity index (χ0n) is 12.9. The molecule has 2 rings (SSSR count). The van der Waals surface area contributed by atoms with Crippen molar-refractivity contribution in [2.45, 2.75) is 40.3 Å². The monoisotopic (exact) mass is 274 g/mol. The van der Waals surface area contributed by atoms with Crippen molar-refractivity contribution in [3.8, 4) is 0 Å². The largest absolute Gasteiger partial charge is 0.352 e. The number of hydrogen-bond acceptors (Lipinski definition) is 1. The number of aromatic nitrogens is 1. The second kappa shape index (κ2) is 5.80. The van der Waals surface area contributed by atoms with Gasteiger partial charge in [-0.1, -0.05) is 12.1 Å². The highest BCUT2D eigenvalue weighted by atomic mass is 19.1. The van der Waals surface area contributed by atoms with Gasteiger partial charge in [-0.05, 0) is 56.5 Å². The summed E-state index contributed by atoms with van der Waals surface area (Å²) in [6, 6.07) is 7.77. The van der Waals surface area contributed by atoms with E-state index in [-0.39, 0.29) is 11.9 Å². The SMILES string of the molecule is Cc1ccc(C(C)NCc2cc(C)n(C)c2C)cc1F. The van der Waals surface area contributed by atoms with Crippen molar-refractivity contribution in [2.24, 2.45) is 7.05 Å². The van der Waals surface area contributed by atoms with Gasteiger partial charge in [-0.3, -0.25) is 0 Å². The van der Waals surface area contributed by atoms with E-state index in [0.29, 0.717) is 5.56 Å². The minimum absolute atomic E-state index is 0.130. The molecule has 0 fully saturated rings. The van der Waals surface area contributed by atoms with E-state index >= 15 is 0 Å². The second-order valence-corrected chi connectivity index (χ2v) is 5.57. The van der Waals surface area contributed by atoms with E-state index < -0.39 is 0 Å². The molecule has 1 aromatic heterocycles. The fraction of sp³-hybridized carbons (Fsp3) is 0.412. The molecule has 1 aromatic carbocycles. The van der Waals surface area contributed by atoms with Gasteiger partial charge in [0.15, 0.2) is 0 Å². The molecule has 0 saturated carbocycles. The van der Waals surface area contributed by atoms with Crippen LogP contribution in [0.4, 0.5) is 4.39 Å². The predicted molar refractivity (Wildman–Crippen MR) is 81.3 cm³/mol. The quantitative estimate of drug-likeness (QED) is 0.893. The van der Waals surface area contributed by atoms with Gasteiger partial charge in [-0.15, -0.1) is 0 Å². The van der Waals surface area contributed by atoms with Crippen LogP contribution in [0.2, 0.25) is 0 Å². The normalized spacial score (nSPS) is 12.7. The smallest absolute Gasteiger partial charge is 0.126 e. The van der Waals surface area contributed by atoms with Crippen LogP contribution < -0.4 is 5.32 Å². The molecule has 2 nitrogen and oxygen atoms in total. The summed E-state index contributed by atoms with van der Waals surface area (Å²) in [5.41, 5.74) is 5.50. The van der Waals surface area contributed by atoms with Crippen LogP contribution in [0.5, 0.6) is 0 Å². The molecule has 0 spiro atoms. The van der Waals surface area contributed by atoms with E-state index in [0.717, 1.165) is 12.1 Å². The number of aryl methyl sites for hydroxylation is 2. The molecule has 1 atom stereocenters. The van der Waals surface area contributed by atoms with Gasteiger partial charge in [-0.25, -0.2) is 4.39 Å². The molecule has 0 aliphatic rings. The molecular formula is C17H23FN2. The van der Waals surface area contributed by atoms with Crippen molar-refractivity contribution in [3.63, 3.8) is 0 Å². The zero-order valence-corrected chi connectivity index (χ0v) is 12.9. The number of nitrogens with zero attached hydrogens (tertiary/aromatic N) is 1. The number of hydrogen-bond donors (Lipinski definition) is 1. The first-order valence-electron chi connectivity index (χ1n) is 7.01. The Bertz CT molecular complexity index is 614. The van der Waals surface area contributed by atoms with Crippen LogP contribution in [-0.4, -0.2) is 4.57 Å². The van der Waals surface area contributed by atoms with Crippen molar-refractivity contribution in [1.29, 1.82) is 0 Å². The van der Waals surface area contributed by atoms with Crippen molar-refractivity contribution < 1.29 is 4.39 Å². The summed E-state index contributed by atoms with van der Waals surface area (Å²) in [7, 11) is 2.08. The third-order valence-electron chi connectivity index (χ3n) is 4.17. The van der Waals surface area contributed by atoms with Gasteiger partial charge in [0.05, 0.1) is 0 Å². The third kappa shape index (κ3) is 2.93. The number of halogens is 1. The number of benzene rings is 1. The van der Waals surface area contributed by atoms with E-state index in [9.17, 15) is 4.39 Å². The fourth-order valence-electron chi connectivity index (χ4n) is 2.37. The number of rotatable bonds is 4. The Morgan fingerprint density at radius 2 is 1.90 bits per heavy atom. The van der Waals surface area contributed by atoms with Crippen LogP contribution in [0, 0.1) is 26.6 Å². The summed E-state index contributed by atoms with van der Waals surface area (Å²) < 4.78 is 15.8. The maximum Gasteiger partial charge on any atom is 0.126 e. The average molecular weight is 274 g/mol. The second-order valence-electron chi connectivity index (χ2n) is 5.57. The molecule has 108 valence electrons. The molecule has 2 aromatic rings. The standard InChI is InChI=1S/C17H23FN2/c1-11-6-7-15(9-17(11)18)13(3)19-10-16-8-12(2)20(5)14(16)4/h6-9,13,19H,10H2,1-5H3. The Balaban J connectivity index is 2.06. The minimum Gasteiger partial charge on any atom is -0.352 e. The van der Waals surface area contributed by atoms with E-state index in [4.69, 9.17) is 0 Å². The maximum atomic E-state index is 13.6. The third-order valence-corrected chi connectivity index (χ3v) is 4.17. The summed E-state index contributed by atoms with van der Waals surface area (Å²) in [5.74, 6) is -0.136. The zero-order chi connectivity index (χ0) is 14.9. The molecule has 3 heteroatoms. The fourth-order valence-corrected chi connectivity index (χ4v) is 2.37. The predicted octanol–water partition coefficient (Wildman–Crippen LogP) is 3.94. The first kappa shape index (κ1) is 14.8. The van der Waals surface area contributed by atoms with Crippen LogP contribution in [0.1, 0.15) is 41.0 Å². The van der Waals surface area contributed by atoms with Crippen molar-refractivity contribution >= 4 is 0 Å². The Morgan fingerprint density at radius 3 is 2.45 bits per heavy atom. The highest BCUT2D eigenvalue weighted by Gasteiger charge is 2.10. The molecule has 0 saturated heterocycles. The van der Waals surface area contributed by atoms with Gasteiger partial charge in [0.2, 0.25) is 0 Å². The Kier molecular flexibility index (Phi) is 4.29. The van der Waals surface area contributed by atoms with Gasteiger partial charge in [0.1, 0.15) is 5.82 Å². The van der Waals surface area contributed by atoms with Crippen LogP contribution in [0.3, 0.4) is 0 Å². The molecule has 0 bridgehead atoms. The van der Waals surface area contributed by atoms with Gasteiger partial charge in [0, 0.05) is 31.0 Å². The topological polar surface area (TPSA) is 17.0 Å². The Hall–Kier alpha value is -1.61. The lowest BCUT2D eigenvalue weighted by molar-refractivity contribution is 0.561. The van der Waals surface area contributed by atoms with Gasteiger partial charge in [0.25, 0.3) is 0 Å². The first-order valence-corrected chi connectivity index (χ1v) is 7.01. The lowest BCUT2D eigenvalue weighted by Gasteiger charge is -2.15. The van der Waals surface area contributed by atoms with E-state index in [1.807, 2.05) is 12.1 Å². The Labute approximate surface area is 120 Å². The van der Waals surface area contributed by atoms with Crippen LogP contribution in [0.15, 0.2) is 24.3 Å².